The Morgan fingerprint density at radius 1 is 1.86 bits per heavy atom. The standard InChI is InChI=1S/C4H8P2S/c1-2-3-4-7(5)6/h2-3,5H,4H2,1H3/b3-2+. The Morgan fingerprint density at radius 3 is 2.57 bits per heavy atom. The number of hydrogen-bond acceptors (Lipinski definition) is 0. The second-order valence-corrected chi connectivity index (χ2v) is 5.99. The van der Waals surface area contributed by atoms with E-state index >= 15 is 0 Å². The van der Waals surface area contributed by atoms with Gasteiger partial charge in [-0.1, -0.05) is 0 Å². The van der Waals surface area contributed by atoms with E-state index in [-0.39, 0.29) is 9.05 Å². The second-order valence-electron chi connectivity index (χ2n) is 1.10. The number of hydrogen-bond donors (Lipinski definition) is 0. The summed E-state index contributed by atoms with van der Waals surface area (Å²) in [6.07, 6.45) is 4.11. The topological polar surface area (TPSA) is 0 Å². The fraction of sp³-hybridized carbons (Fsp3) is 0.500. The summed E-state index contributed by atoms with van der Waals surface area (Å²) in [4.78, 5) is 0. The molecule has 7 heavy (non-hydrogen) atoms. The van der Waals surface area contributed by atoms with E-state index in [4.69, 9.17) is 0 Å². The van der Waals surface area contributed by atoms with Gasteiger partial charge in [0.1, 0.15) is 0 Å². The molecule has 0 aliphatic carbocycles. The Hall–Kier alpha value is 0.690. The zero-order valence-corrected chi connectivity index (χ0v) is 6.93. The Kier molecular flexibility index (Phi) is 5.32. The molecule has 3 heteroatoms. The third-order valence-electron chi connectivity index (χ3n) is 0.490. The molecule has 0 amide bonds. The van der Waals surface area contributed by atoms with Gasteiger partial charge >= 0.3 is 49.7 Å². The van der Waals surface area contributed by atoms with Crippen molar-refractivity contribution in [3.63, 3.8) is 0 Å². The van der Waals surface area contributed by atoms with Gasteiger partial charge in [0.15, 0.2) is 0 Å². The van der Waals surface area contributed by atoms with Crippen molar-refractivity contribution in [2.75, 3.05) is 5.75 Å². The molecule has 0 radical (unpaired) electrons. The Morgan fingerprint density at radius 2 is 2.43 bits per heavy atom. The summed E-state index contributed by atoms with van der Waals surface area (Å²) in [5.74, 6) is 1.02. The Balaban J connectivity index is 3.41. The maximum atomic E-state index is 4.12. The summed E-state index contributed by atoms with van der Waals surface area (Å²) >= 11 is 0. The van der Waals surface area contributed by atoms with Gasteiger partial charge in [0, 0.05) is 0 Å². The molecule has 0 unspecified atom stereocenters. The first kappa shape index (κ1) is 7.69. The summed E-state index contributed by atoms with van der Waals surface area (Å²) in [5.41, 5.74) is 0. The van der Waals surface area contributed by atoms with Crippen LogP contribution in [0.5, 0.6) is 0 Å². The molecule has 0 aromatic carbocycles. The van der Waals surface area contributed by atoms with E-state index in [1.54, 1.807) is 0 Å². The van der Waals surface area contributed by atoms with Gasteiger partial charge in [-0.15, -0.1) is 0 Å². The van der Waals surface area contributed by atoms with Crippen LogP contribution in [-0.2, 0) is 9.05 Å². The van der Waals surface area contributed by atoms with Gasteiger partial charge < -0.3 is 0 Å². The molecule has 0 aromatic heterocycles. The molecule has 0 bridgehead atoms. The minimum absolute atomic E-state index is 0.0977. The molecule has 0 atom stereocenters. The van der Waals surface area contributed by atoms with Crippen LogP contribution in [0.25, 0.3) is 0 Å². The summed E-state index contributed by atoms with van der Waals surface area (Å²) in [6, 6.07) is 0. The van der Waals surface area contributed by atoms with E-state index in [2.05, 4.69) is 21.9 Å². The zero-order chi connectivity index (χ0) is 5.70. The fourth-order valence-corrected chi connectivity index (χ4v) is 1.11. The molecule has 0 aliphatic heterocycles. The summed E-state index contributed by atoms with van der Waals surface area (Å²) in [7, 11) is 7.58. The molecule has 0 aromatic rings. The van der Waals surface area contributed by atoms with Crippen LogP contribution in [0.4, 0.5) is 0 Å². The van der Waals surface area contributed by atoms with Crippen molar-refractivity contribution in [1.29, 1.82) is 0 Å². The van der Waals surface area contributed by atoms with E-state index in [9.17, 15) is 0 Å². The molecule has 0 saturated heterocycles. The molecule has 0 heterocycles. The normalized spacial score (nSPS) is 9.71. The summed E-state index contributed by atoms with van der Waals surface area (Å²) < 4.78 is 0. The van der Waals surface area contributed by atoms with E-state index in [0.29, 0.717) is 0 Å². The molecule has 0 aliphatic rings. The van der Waals surface area contributed by atoms with E-state index in [1.165, 1.54) is 0 Å². The molecular weight excluding hydrogens is 142 g/mol. The Labute approximate surface area is 50.3 Å². The van der Waals surface area contributed by atoms with Crippen molar-refractivity contribution < 1.29 is 0 Å². The van der Waals surface area contributed by atoms with Crippen LogP contribution in [0.15, 0.2) is 12.2 Å². The van der Waals surface area contributed by atoms with Crippen LogP contribution >= 0.6 is 15.8 Å². The van der Waals surface area contributed by atoms with Crippen molar-refractivity contribution in [2.45, 2.75) is 6.92 Å². The minimum atomic E-state index is 0.0977. The second kappa shape index (κ2) is 4.84. The van der Waals surface area contributed by atoms with Crippen molar-refractivity contribution in [2.24, 2.45) is 0 Å². The van der Waals surface area contributed by atoms with E-state index < -0.39 is 0 Å². The van der Waals surface area contributed by atoms with Gasteiger partial charge in [0.2, 0.25) is 0 Å². The van der Waals surface area contributed by atoms with Crippen molar-refractivity contribution in [3.05, 3.63) is 12.2 Å². The molecule has 0 spiro atoms. The fourth-order valence-electron chi connectivity index (χ4n) is 0.187. The van der Waals surface area contributed by atoms with Gasteiger partial charge in [-0.05, 0) is 0 Å². The molecule has 40 valence electrons. The van der Waals surface area contributed by atoms with Gasteiger partial charge in [0.25, 0.3) is 0 Å². The SMILES string of the molecule is C/C=C/CS(#P)=P. The van der Waals surface area contributed by atoms with Crippen LogP contribution in [0.3, 0.4) is 0 Å². The first-order valence-corrected chi connectivity index (χ1v) is 5.67. The van der Waals surface area contributed by atoms with Gasteiger partial charge in [-0.2, -0.15) is 0 Å². The molecule has 0 rings (SSSR count). The van der Waals surface area contributed by atoms with Crippen LogP contribution < -0.4 is 0 Å². The van der Waals surface area contributed by atoms with Crippen molar-refractivity contribution in [1.82, 2.24) is 0 Å². The van der Waals surface area contributed by atoms with Gasteiger partial charge in [-0.25, -0.2) is 0 Å². The quantitative estimate of drug-likeness (QED) is 0.398. The molecule has 0 N–H and O–H groups in total. The monoisotopic (exact) mass is 150 g/mol. The van der Waals surface area contributed by atoms with E-state index in [1.807, 2.05) is 13.0 Å². The van der Waals surface area contributed by atoms with E-state index in [0.717, 1.165) is 5.75 Å². The molecule has 0 saturated carbocycles. The number of rotatable bonds is 1. The predicted octanol–water partition coefficient (Wildman–Crippen LogP) is 2.56. The van der Waals surface area contributed by atoms with Crippen LogP contribution in [-0.4, -0.2) is 5.75 Å². The summed E-state index contributed by atoms with van der Waals surface area (Å²) in [5, 5.41) is 0. The third-order valence-corrected chi connectivity index (χ3v) is 1.95. The predicted molar refractivity (Wildman–Crippen MR) is 42.3 cm³/mol. The maximum absolute atomic E-state index is 4.12. The number of allylic oxidation sites excluding steroid dienone is 1. The van der Waals surface area contributed by atoms with Crippen molar-refractivity contribution >= 4 is 24.9 Å². The third kappa shape index (κ3) is 6.69. The summed E-state index contributed by atoms with van der Waals surface area (Å²) in [6.45, 7) is 2.01. The first-order valence-electron chi connectivity index (χ1n) is 1.99. The molecular formula is C4H8P2S. The van der Waals surface area contributed by atoms with Crippen molar-refractivity contribution in [3.8, 4) is 0 Å². The Bertz CT molecular complexity index is 163. The average molecular weight is 150 g/mol. The molecule has 0 fully saturated rings. The van der Waals surface area contributed by atoms with Crippen LogP contribution in [0.1, 0.15) is 6.92 Å². The zero-order valence-electron chi connectivity index (χ0n) is 4.22. The van der Waals surface area contributed by atoms with Gasteiger partial charge in [-0.3, -0.25) is 0 Å². The molecule has 0 nitrogen and oxygen atoms in total. The van der Waals surface area contributed by atoms with Crippen LogP contribution in [0, 0.1) is 0 Å². The van der Waals surface area contributed by atoms with Crippen LogP contribution in [0.2, 0.25) is 0 Å². The average Bonchev–Trinajstić information content (AvgIpc) is 1.61. The first-order chi connectivity index (χ1) is 3.27. The van der Waals surface area contributed by atoms with Gasteiger partial charge in [0.05, 0.1) is 0 Å².